The van der Waals surface area contributed by atoms with Crippen molar-refractivity contribution in [2.45, 2.75) is 26.8 Å². The summed E-state index contributed by atoms with van der Waals surface area (Å²) >= 11 is 0. The molecule has 3 heteroatoms. The van der Waals surface area contributed by atoms with Gasteiger partial charge in [0.2, 0.25) is 0 Å². The highest BCUT2D eigenvalue weighted by molar-refractivity contribution is 5.60. The molecule has 86 valence electrons. The van der Waals surface area contributed by atoms with E-state index in [1.807, 2.05) is 6.07 Å². The maximum atomic E-state index is 9.00. The van der Waals surface area contributed by atoms with Crippen molar-refractivity contribution >= 4 is 5.69 Å². The maximum absolute atomic E-state index is 9.00. The van der Waals surface area contributed by atoms with E-state index in [1.54, 1.807) is 19.2 Å². The van der Waals surface area contributed by atoms with Gasteiger partial charge in [0.15, 0.2) is 0 Å². The van der Waals surface area contributed by atoms with E-state index in [0.29, 0.717) is 17.5 Å². The van der Waals surface area contributed by atoms with Crippen LogP contribution in [0.5, 0.6) is 5.75 Å². The van der Waals surface area contributed by atoms with Crippen molar-refractivity contribution in [2.24, 2.45) is 5.92 Å². The quantitative estimate of drug-likeness (QED) is 0.844. The molecule has 0 bridgehead atoms. The zero-order valence-electron chi connectivity index (χ0n) is 10.2. The fourth-order valence-electron chi connectivity index (χ4n) is 1.28. The lowest BCUT2D eigenvalue weighted by molar-refractivity contribution is 0.415. The average molecular weight is 218 g/mol. The summed E-state index contributed by atoms with van der Waals surface area (Å²) in [4.78, 5) is 0. The first kappa shape index (κ1) is 12.4. The lowest BCUT2D eigenvalue weighted by Crippen LogP contribution is -2.22. The molecule has 0 aromatic heterocycles. The van der Waals surface area contributed by atoms with Crippen molar-refractivity contribution in [1.82, 2.24) is 0 Å². The van der Waals surface area contributed by atoms with Gasteiger partial charge in [-0.15, -0.1) is 0 Å². The summed E-state index contributed by atoms with van der Waals surface area (Å²) in [6.45, 7) is 6.39. The van der Waals surface area contributed by atoms with Gasteiger partial charge in [-0.3, -0.25) is 0 Å². The van der Waals surface area contributed by atoms with Gasteiger partial charge in [-0.2, -0.15) is 5.26 Å². The van der Waals surface area contributed by atoms with Crippen molar-refractivity contribution in [3.8, 4) is 11.8 Å². The second-order valence-electron chi connectivity index (χ2n) is 4.20. The molecule has 16 heavy (non-hydrogen) atoms. The number of ether oxygens (including phenoxy) is 1. The molecule has 0 aliphatic carbocycles. The second kappa shape index (κ2) is 5.41. The lowest BCUT2D eigenvalue weighted by atomic mass is 10.1. The molecule has 1 N–H and O–H groups in total. The third kappa shape index (κ3) is 2.90. The largest absolute Gasteiger partial charge is 0.497 e. The molecule has 1 rings (SSSR count). The predicted octanol–water partition coefficient (Wildman–Crippen LogP) is 3.02. The van der Waals surface area contributed by atoms with Crippen molar-refractivity contribution < 1.29 is 4.74 Å². The molecule has 1 aromatic rings. The molecule has 0 saturated heterocycles. The van der Waals surface area contributed by atoms with E-state index in [2.05, 4.69) is 32.2 Å². The first-order chi connectivity index (χ1) is 7.58. The molecule has 0 aliphatic rings. The topological polar surface area (TPSA) is 45.0 Å². The third-order valence-corrected chi connectivity index (χ3v) is 2.73. The standard InChI is InChI=1S/C13H18N2O/c1-9(2)10(3)15-13-7-12(16-4)6-5-11(13)8-14/h5-7,9-10,15H,1-4H3. The van der Waals surface area contributed by atoms with Crippen LogP contribution in [0.3, 0.4) is 0 Å². The van der Waals surface area contributed by atoms with Crippen LogP contribution < -0.4 is 10.1 Å². The SMILES string of the molecule is COc1ccc(C#N)c(NC(C)C(C)C)c1. The van der Waals surface area contributed by atoms with Crippen molar-refractivity contribution in [2.75, 3.05) is 12.4 Å². The predicted molar refractivity (Wildman–Crippen MR) is 65.6 cm³/mol. The molecule has 3 nitrogen and oxygen atoms in total. The Morgan fingerprint density at radius 1 is 1.31 bits per heavy atom. The maximum Gasteiger partial charge on any atom is 0.121 e. The lowest BCUT2D eigenvalue weighted by Gasteiger charge is -2.20. The number of nitrogens with zero attached hydrogens (tertiary/aromatic N) is 1. The number of hydrogen-bond donors (Lipinski definition) is 1. The molecular formula is C13H18N2O. The highest BCUT2D eigenvalue weighted by Gasteiger charge is 2.10. The van der Waals surface area contributed by atoms with Crippen LogP contribution in [-0.4, -0.2) is 13.2 Å². The van der Waals surface area contributed by atoms with Crippen LogP contribution in [0.15, 0.2) is 18.2 Å². The van der Waals surface area contributed by atoms with Gasteiger partial charge >= 0.3 is 0 Å². The highest BCUT2D eigenvalue weighted by Crippen LogP contribution is 2.23. The second-order valence-corrected chi connectivity index (χ2v) is 4.20. The van der Waals surface area contributed by atoms with E-state index >= 15 is 0 Å². The number of hydrogen-bond acceptors (Lipinski definition) is 3. The average Bonchev–Trinajstić information content (AvgIpc) is 2.28. The van der Waals surface area contributed by atoms with E-state index in [4.69, 9.17) is 10.00 Å². The number of methoxy groups -OCH3 is 1. The summed E-state index contributed by atoms with van der Waals surface area (Å²) in [6.07, 6.45) is 0. The fraction of sp³-hybridized carbons (Fsp3) is 0.462. The van der Waals surface area contributed by atoms with E-state index in [9.17, 15) is 0 Å². The van der Waals surface area contributed by atoms with Gasteiger partial charge in [-0.05, 0) is 25.0 Å². The van der Waals surface area contributed by atoms with E-state index in [-0.39, 0.29) is 0 Å². The zero-order chi connectivity index (χ0) is 12.1. The van der Waals surface area contributed by atoms with Gasteiger partial charge in [-0.1, -0.05) is 13.8 Å². The smallest absolute Gasteiger partial charge is 0.121 e. The molecular weight excluding hydrogens is 200 g/mol. The molecule has 0 saturated carbocycles. The van der Waals surface area contributed by atoms with Crippen LogP contribution in [-0.2, 0) is 0 Å². The summed E-state index contributed by atoms with van der Waals surface area (Å²) in [5.74, 6) is 1.27. The molecule has 0 radical (unpaired) electrons. The van der Waals surface area contributed by atoms with Gasteiger partial charge < -0.3 is 10.1 Å². The van der Waals surface area contributed by atoms with Gasteiger partial charge in [0.25, 0.3) is 0 Å². The van der Waals surface area contributed by atoms with Crippen LogP contribution in [0, 0.1) is 17.2 Å². The molecule has 1 unspecified atom stereocenters. The van der Waals surface area contributed by atoms with E-state index in [1.165, 1.54) is 0 Å². The zero-order valence-corrected chi connectivity index (χ0v) is 10.2. The summed E-state index contributed by atoms with van der Waals surface area (Å²) in [7, 11) is 1.62. The fourth-order valence-corrected chi connectivity index (χ4v) is 1.28. The molecule has 1 aromatic carbocycles. The summed E-state index contributed by atoms with van der Waals surface area (Å²) < 4.78 is 5.15. The molecule has 0 aliphatic heterocycles. The Kier molecular flexibility index (Phi) is 4.19. The number of nitrogens with one attached hydrogen (secondary N) is 1. The van der Waals surface area contributed by atoms with Crippen molar-refractivity contribution in [1.29, 1.82) is 5.26 Å². The Labute approximate surface area is 97.0 Å². The van der Waals surface area contributed by atoms with Crippen LogP contribution in [0.1, 0.15) is 26.3 Å². The number of anilines is 1. The number of benzene rings is 1. The molecule has 0 spiro atoms. The first-order valence-corrected chi connectivity index (χ1v) is 5.43. The Morgan fingerprint density at radius 3 is 2.50 bits per heavy atom. The van der Waals surface area contributed by atoms with Crippen LogP contribution in [0.4, 0.5) is 5.69 Å². The molecule has 0 fully saturated rings. The number of nitriles is 1. The van der Waals surface area contributed by atoms with Crippen molar-refractivity contribution in [3.63, 3.8) is 0 Å². The number of rotatable bonds is 4. The summed E-state index contributed by atoms with van der Waals surface area (Å²) in [5, 5.41) is 12.3. The third-order valence-electron chi connectivity index (χ3n) is 2.73. The minimum Gasteiger partial charge on any atom is -0.497 e. The molecule has 0 amide bonds. The van der Waals surface area contributed by atoms with E-state index in [0.717, 1.165) is 11.4 Å². The van der Waals surface area contributed by atoms with Crippen LogP contribution in [0.2, 0.25) is 0 Å². The normalized spacial score (nSPS) is 12.0. The van der Waals surface area contributed by atoms with Crippen LogP contribution >= 0.6 is 0 Å². The van der Waals surface area contributed by atoms with Crippen molar-refractivity contribution in [3.05, 3.63) is 23.8 Å². The van der Waals surface area contributed by atoms with Crippen LogP contribution in [0.25, 0.3) is 0 Å². The first-order valence-electron chi connectivity index (χ1n) is 5.43. The molecule has 0 heterocycles. The van der Waals surface area contributed by atoms with Gasteiger partial charge in [0.05, 0.1) is 18.4 Å². The van der Waals surface area contributed by atoms with Gasteiger partial charge in [0, 0.05) is 12.1 Å². The highest BCUT2D eigenvalue weighted by atomic mass is 16.5. The Bertz CT molecular complexity index is 393. The Morgan fingerprint density at radius 2 is 2.00 bits per heavy atom. The monoisotopic (exact) mass is 218 g/mol. The minimum atomic E-state index is 0.319. The summed E-state index contributed by atoms with van der Waals surface area (Å²) in [6, 6.07) is 7.92. The minimum absolute atomic E-state index is 0.319. The Hall–Kier alpha value is -1.69. The van der Waals surface area contributed by atoms with E-state index < -0.39 is 0 Å². The Balaban J connectivity index is 2.96. The van der Waals surface area contributed by atoms with Gasteiger partial charge in [0.1, 0.15) is 11.8 Å². The van der Waals surface area contributed by atoms with Gasteiger partial charge in [-0.25, -0.2) is 0 Å². The molecule has 1 atom stereocenters. The summed E-state index contributed by atoms with van der Waals surface area (Å²) in [5.41, 5.74) is 1.48.